The van der Waals surface area contributed by atoms with E-state index >= 15 is 0 Å². The fraction of sp³-hybridized carbons (Fsp3) is 1.00. The second-order valence-electron chi connectivity index (χ2n) is 6.42. The molecule has 0 aromatic heterocycles. The molecule has 0 aromatic carbocycles. The molecule has 0 saturated heterocycles. The van der Waals surface area contributed by atoms with Crippen LogP contribution in [0.4, 0.5) is 0 Å². The van der Waals surface area contributed by atoms with Crippen molar-refractivity contribution in [1.82, 2.24) is 4.90 Å². The largest absolute Gasteiger partial charge is 0.391 e. The van der Waals surface area contributed by atoms with E-state index in [9.17, 15) is 5.11 Å². The van der Waals surface area contributed by atoms with Crippen LogP contribution in [0, 0.1) is 5.92 Å². The highest BCUT2D eigenvalue weighted by molar-refractivity contribution is 4.90. The monoisotopic (exact) mass is 239 g/mol. The molecule has 2 aliphatic rings. The van der Waals surface area contributed by atoms with Crippen molar-refractivity contribution in [2.75, 3.05) is 6.54 Å². The summed E-state index contributed by atoms with van der Waals surface area (Å²) in [6.45, 7) is 5.81. The van der Waals surface area contributed by atoms with E-state index in [1.54, 1.807) is 0 Å². The van der Waals surface area contributed by atoms with Gasteiger partial charge in [0.1, 0.15) is 0 Å². The van der Waals surface area contributed by atoms with Gasteiger partial charge in [0.25, 0.3) is 0 Å². The second kappa shape index (κ2) is 6.19. The maximum Gasteiger partial charge on any atom is 0.0695 e. The van der Waals surface area contributed by atoms with Crippen LogP contribution in [0.5, 0.6) is 0 Å². The average molecular weight is 239 g/mol. The maximum atomic E-state index is 10.1. The first-order chi connectivity index (χ1) is 8.18. The van der Waals surface area contributed by atoms with Gasteiger partial charge in [-0.1, -0.05) is 26.7 Å². The lowest BCUT2D eigenvalue weighted by Crippen LogP contribution is -2.46. The molecule has 2 rings (SSSR count). The third-order valence-corrected chi connectivity index (χ3v) is 4.63. The summed E-state index contributed by atoms with van der Waals surface area (Å²) < 4.78 is 0. The van der Waals surface area contributed by atoms with Gasteiger partial charge < -0.3 is 5.11 Å². The molecule has 0 unspecified atom stereocenters. The van der Waals surface area contributed by atoms with Crippen LogP contribution in [0.15, 0.2) is 0 Å². The van der Waals surface area contributed by atoms with Crippen molar-refractivity contribution in [2.24, 2.45) is 5.92 Å². The zero-order chi connectivity index (χ0) is 12.3. The Morgan fingerprint density at radius 2 is 1.76 bits per heavy atom. The average Bonchev–Trinajstić information content (AvgIpc) is 2.91. The number of aliphatic hydroxyl groups excluding tert-OH is 1. The smallest absolute Gasteiger partial charge is 0.0695 e. The Kier molecular flexibility index (Phi) is 4.87. The molecule has 2 saturated carbocycles. The van der Waals surface area contributed by atoms with Gasteiger partial charge in [0.05, 0.1) is 6.10 Å². The van der Waals surface area contributed by atoms with Crippen LogP contribution in [0.2, 0.25) is 0 Å². The highest BCUT2D eigenvalue weighted by Gasteiger charge is 2.35. The molecule has 2 aliphatic carbocycles. The summed E-state index contributed by atoms with van der Waals surface area (Å²) >= 11 is 0. The molecule has 0 bridgehead atoms. The van der Waals surface area contributed by atoms with Gasteiger partial charge in [0.15, 0.2) is 0 Å². The Bertz CT molecular complexity index is 223. The van der Waals surface area contributed by atoms with E-state index in [4.69, 9.17) is 0 Å². The van der Waals surface area contributed by atoms with E-state index < -0.39 is 0 Å². The lowest BCUT2D eigenvalue weighted by Gasteiger charge is -2.36. The first-order valence-electron chi connectivity index (χ1n) is 7.62. The summed E-state index contributed by atoms with van der Waals surface area (Å²) in [5, 5.41) is 10.1. The normalized spacial score (nSPS) is 30.9. The Balaban J connectivity index is 1.95. The summed E-state index contributed by atoms with van der Waals surface area (Å²) in [4.78, 5) is 2.67. The van der Waals surface area contributed by atoms with E-state index in [0.29, 0.717) is 6.04 Å². The molecular formula is C15H29NO. The van der Waals surface area contributed by atoms with Crippen LogP contribution in [0.25, 0.3) is 0 Å². The zero-order valence-corrected chi connectivity index (χ0v) is 11.6. The van der Waals surface area contributed by atoms with Gasteiger partial charge in [0, 0.05) is 12.1 Å². The third kappa shape index (κ3) is 3.45. The molecule has 0 spiro atoms. The van der Waals surface area contributed by atoms with Crippen LogP contribution < -0.4 is 0 Å². The lowest BCUT2D eigenvalue weighted by molar-refractivity contribution is 0.0411. The van der Waals surface area contributed by atoms with Crippen LogP contribution in [0.1, 0.15) is 65.2 Å². The van der Waals surface area contributed by atoms with E-state index in [1.165, 1.54) is 51.5 Å². The Labute approximate surface area is 106 Å². The Hall–Kier alpha value is -0.0800. The summed E-state index contributed by atoms with van der Waals surface area (Å²) in [6, 6.07) is 1.24. The Morgan fingerprint density at radius 3 is 2.29 bits per heavy atom. The van der Waals surface area contributed by atoms with Gasteiger partial charge in [-0.2, -0.15) is 0 Å². The van der Waals surface area contributed by atoms with Gasteiger partial charge >= 0.3 is 0 Å². The van der Waals surface area contributed by atoms with Gasteiger partial charge in [-0.25, -0.2) is 0 Å². The minimum Gasteiger partial charge on any atom is -0.391 e. The van der Waals surface area contributed by atoms with E-state index in [0.717, 1.165) is 18.4 Å². The summed E-state index contributed by atoms with van der Waals surface area (Å²) in [5.41, 5.74) is 0. The molecule has 2 atom stereocenters. The minimum atomic E-state index is -0.0530. The van der Waals surface area contributed by atoms with Crippen molar-refractivity contribution in [3.8, 4) is 0 Å². The molecular weight excluding hydrogens is 210 g/mol. The predicted molar refractivity (Wildman–Crippen MR) is 72.1 cm³/mol. The predicted octanol–water partition coefficient (Wildman–Crippen LogP) is 3.19. The van der Waals surface area contributed by atoms with Gasteiger partial charge in [-0.3, -0.25) is 4.90 Å². The van der Waals surface area contributed by atoms with Crippen LogP contribution >= 0.6 is 0 Å². The van der Waals surface area contributed by atoms with E-state index in [-0.39, 0.29) is 6.10 Å². The quantitative estimate of drug-likeness (QED) is 0.796. The molecule has 0 amide bonds. The molecule has 0 aliphatic heterocycles. The molecule has 2 nitrogen and oxygen atoms in total. The summed E-state index contributed by atoms with van der Waals surface area (Å²) in [5.74, 6) is 0.775. The van der Waals surface area contributed by atoms with Crippen molar-refractivity contribution < 1.29 is 5.11 Å². The highest BCUT2D eigenvalue weighted by Crippen LogP contribution is 2.32. The van der Waals surface area contributed by atoms with Crippen LogP contribution in [-0.4, -0.2) is 34.7 Å². The molecule has 1 N–H and O–H groups in total. The second-order valence-corrected chi connectivity index (χ2v) is 6.42. The maximum absolute atomic E-state index is 10.1. The minimum absolute atomic E-state index is 0.0530. The molecule has 0 radical (unpaired) electrons. The zero-order valence-electron chi connectivity index (χ0n) is 11.6. The van der Waals surface area contributed by atoms with Crippen LogP contribution in [-0.2, 0) is 0 Å². The molecule has 100 valence electrons. The third-order valence-electron chi connectivity index (χ3n) is 4.63. The van der Waals surface area contributed by atoms with Crippen molar-refractivity contribution >= 4 is 0 Å². The molecule has 0 aromatic rings. The van der Waals surface area contributed by atoms with Crippen molar-refractivity contribution in [3.63, 3.8) is 0 Å². The molecule has 2 fully saturated rings. The SMILES string of the molecule is CC(C)CCN(C1CCCC1)[C@H]1CCC[C@@H]1O. The number of rotatable bonds is 5. The topological polar surface area (TPSA) is 23.5 Å². The van der Waals surface area contributed by atoms with Gasteiger partial charge in [0.2, 0.25) is 0 Å². The van der Waals surface area contributed by atoms with Crippen molar-refractivity contribution in [1.29, 1.82) is 0 Å². The fourth-order valence-electron chi connectivity index (χ4n) is 3.57. The molecule has 2 heteroatoms. The number of aliphatic hydroxyl groups is 1. The lowest BCUT2D eigenvalue weighted by atomic mass is 10.0. The standard InChI is InChI=1S/C15H29NO/c1-12(2)10-11-16(13-6-3-4-7-13)14-8-5-9-15(14)17/h12-15,17H,3-11H2,1-2H3/t14-,15-/m0/s1. The molecule has 0 heterocycles. The van der Waals surface area contributed by atoms with Crippen molar-refractivity contribution in [3.05, 3.63) is 0 Å². The Morgan fingerprint density at radius 1 is 1.06 bits per heavy atom. The van der Waals surface area contributed by atoms with E-state index in [1.807, 2.05) is 0 Å². The van der Waals surface area contributed by atoms with Gasteiger partial charge in [-0.05, 0) is 51.0 Å². The number of hydrogen-bond donors (Lipinski definition) is 1. The summed E-state index contributed by atoms with van der Waals surface area (Å²) in [6.07, 6.45) is 10.2. The van der Waals surface area contributed by atoms with Gasteiger partial charge in [-0.15, -0.1) is 0 Å². The van der Waals surface area contributed by atoms with Crippen LogP contribution in [0.3, 0.4) is 0 Å². The fourth-order valence-corrected chi connectivity index (χ4v) is 3.57. The van der Waals surface area contributed by atoms with Crippen molar-refractivity contribution in [2.45, 2.75) is 83.4 Å². The number of nitrogens with zero attached hydrogens (tertiary/aromatic N) is 1. The highest BCUT2D eigenvalue weighted by atomic mass is 16.3. The first-order valence-corrected chi connectivity index (χ1v) is 7.62. The summed E-state index contributed by atoms with van der Waals surface area (Å²) in [7, 11) is 0. The number of hydrogen-bond acceptors (Lipinski definition) is 2. The van der Waals surface area contributed by atoms with E-state index in [2.05, 4.69) is 18.7 Å². The molecule has 17 heavy (non-hydrogen) atoms. The first kappa shape index (κ1) is 13.4.